The van der Waals surface area contributed by atoms with E-state index in [4.69, 9.17) is 9.47 Å². The molecule has 1 saturated heterocycles. The van der Waals surface area contributed by atoms with Crippen molar-refractivity contribution in [3.63, 3.8) is 0 Å². The maximum atomic E-state index is 14.1. The number of piperazine rings is 1. The van der Waals surface area contributed by atoms with Crippen molar-refractivity contribution in [3.8, 4) is 11.5 Å². The molecule has 3 aromatic rings. The molecule has 0 unspecified atom stereocenters. The molecule has 38 heavy (non-hydrogen) atoms. The lowest BCUT2D eigenvalue weighted by Gasteiger charge is -2.36. The third-order valence-corrected chi connectivity index (χ3v) is 7.19. The van der Waals surface area contributed by atoms with E-state index in [9.17, 15) is 18.0 Å². The SMILES string of the molecule is COc1ccc([C@H]2C[C@H](C(F)(F)F)n3ncc(C(=O)N4CCN(Cc5ccccc5)CC4)c3N2)cc1OC. The summed E-state index contributed by atoms with van der Waals surface area (Å²) in [6.07, 6.45) is -3.57. The number of nitrogens with zero attached hydrogens (tertiary/aromatic N) is 4. The quantitative estimate of drug-likeness (QED) is 0.507. The van der Waals surface area contributed by atoms with Gasteiger partial charge in [0.15, 0.2) is 17.5 Å². The van der Waals surface area contributed by atoms with Gasteiger partial charge >= 0.3 is 6.18 Å². The Hall–Kier alpha value is -3.73. The Morgan fingerprint density at radius 3 is 2.39 bits per heavy atom. The molecule has 0 aliphatic carbocycles. The number of rotatable bonds is 6. The number of halogens is 3. The molecule has 1 fully saturated rings. The number of amides is 1. The highest BCUT2D eigenvalue weighted by Crippen LogP contribution is 2.45. The zero-order chi connectivity index (χ0) is 26.9. The second-order valence-corrected chi connectivity index (χ2v) is 9.51. The topological polar surface area (TPSA) is 71.9 Å². The van der Waals surface area contributed by atoms with Gasteiger partial charge in [0.2, 0.25) is 0 Å². The minimum absolute atomic E-state index is 0.0788. The summed E-state index contributed by atoms with van der Waals surface area (Å²) in [7, 11) is 2.97. The fraction of sp³-hybridized carbons (Fsp3) is 0.407. The molecule has 3 heterocycles. The van der Waals surface area contributed by atoms with E-state index < -0.39 is 18.3 Å². The summed E-state index contributed by atoms with van der Waals surface area (Å²) < 4.78 is 53.9. The van der Waals surface area contributed by atoms with Gasteiger partial charge in [0, 0.05) is 39.1 Å². The van der Waals surface area contributed by atoms with Gasteiger partial charge in [-0.25, -0.2) is 4.68 Å². The Kier molecular flexibility index (Phi) is 7.20. The van der Waals surface area contributed by atoms with Crippen molar-refractivity contribution >= 4 is 11.7 Å². The van der Waals surface area contributed by atoms with Crippen LogP contribution in [0.5, 0.6) is 11.5 Å². The van der Waals surface area contributed by atoms with Gasteiger partial charge in [-0.05, 0) is 23.3 Å². The van der Waals surface area contributed by atoms with Crippen LogP contribution in [-0.4, -0.2) is 72.1 Å². The van der Waals surface area contributed by atoms with Crippen LogP contribution in [0.25, 0.3) is 0 Å². The zero-order valence-corrected chi connectivity index (χ0v) is 21.2. The fourth-order valence-corrected chi connectivity index (χ4v) is 5.13. The van der Waals surface area contributed by atoms with Crippen molar-refractivity contribution in [1.29, 1.82) is 0 Å². The van der Waals surface area contributed by atoms with Crippen LogP contribution in [0.3, 0.4) is 0 Å². The second kappa shape index (κ2) is 10.6. The largest absolute Gasteiger partial charge is 0.493 e. The summed E-state index contributed by atoms with van der Waals surface area (Å²) in [6, 6.07) is 12.5. The number of nitrogens with one attached hydrogen (secondary N) is 1. The predicted octanol–water partition coefficient (Wildman–Crippen LogP) is 4.52. The van der Waals surface area contributed by atoms with Crippen molar-refractivity contribution in [1.82, 2.24) is 19.6 Å². The molecule has 0 spiro atoms. The molecular weight excluding hydrogens is 499 g/mol. The predicted molar refractivity (Wildman–Crippen MR) is 135 cm³/mol. The van der Waals surface area contributed by atoms with Crippen LogP contribution in [-0.2, 0) is 6.54 Å². The number of ether oxygens (including phenoxy) is 2. The molecule has 0 radical (unpaired) electrons. The van der Waals surface area contributed by atoms with Crippen LogP contribution in [0.2, 0.25) is 0 Å². The first kappa shape index (κ1) is 25.9. The second-order valence-electron chi connectivity index (χ2n) is 9.51. The summed E-state index contributed by atoms with van der Waals surface area (Å²) >= 11 is 0. The zero-order valence-electron chi connectivity index (χ0n) is 21.2. The third-order valence-electron chi connectivity index (χ3n) is 7.19. The molecule has 2 aliphatic rings. The van der Waals surface area contributed by atoms with Gasteiger partial charge in [0.1, 0.15) is 11.4 Å². The number of carbonyl (C=O) groups excluding carboxylic acids is 1. The normalized spacial score (nSPS) is 20.0. The highest BCUT2D eigenvalue weighted by Gasteiger charge is 2.47. The summed E-state index contributed by atoms with van der Waals surface area (Å²) in [4.78, 5) is 17.4. The van der Waals surface area contributed by atoms with Crippen LogP contribution in [0.4, 0.5) is 19.0 Å². The van der Waals surface area contributed by atoms with E-state index in [0.29, 0.717) is 43.2 Å². The van der Waals surface area contributed by atoms with E-state index in [1.807, 2.05) is 18.2 Å². The van der Waals surface area contributed by atoms with Crippen LogP contribution in [0.1, 0.15) is 40.0 Å². The number of carbonyl (C=O) groups is 1. The van der Waals surface area contributed by atoms with Crippen molar-refractivity contribution < 1.29 is 27.4 Å². The lowest BCUT2D eigenvalue weighted by molar-refractivity contribution is -0.173. The van der Waals surface area contributed by atoms with Crippen LogP contribution < -0.4 is 14.8 Å². The molecule has 1 amide bonds. The van der Waals surface area contributed by atoms with Gasteiger partial charge in [0.05, 0.1) is 26.5 Å². The number of hydrogen-bond donors (Lipinski definition) is 1. The smallest absolute Gasteiger partial charge is 0.410 e. The number of alkyl halides is 3. The molecule has 11 heteroatoms. The van der Waals surface area contributed by atoms with Gasteiger partial charge in [-0.1, -0.05) is 36.4 Å². The van der Waals surface area contributed by atoms with Crippen LogP contribution >= 0.6 is 0 Å². The maximum Gasteiger partial charge on any atom is 0.410 e. The lowest BCUT2D eigenvalue weighted by Crippen LogP contribution is -2.48. The molecule has 1 aromatic heterocycles. The van der Waals surface area contributed by atoms with E-state index >= 15 is 0 Å². The van der Waals surface area contributed by atoms with Gasteiger partial charge < -0.3 is 19.7 Å². The van der Waals surface area contributed by atoms with Gasteiger partial charge in [-0.3, -0.25) is 9.69 Å². The monoisotopic (exact) mass is 529 g/mol. The van der Waals surface area contributed by atoms with Crippen molar-refractivity contribution in [2.45, 2.75) is 31.2 Å². The molecule has 1 N–H and O–H groups in total. The summed E-state index contributed by atoms with van der Waals surface area (Å²) in [5.74, 6) is 0.646. The summed E-state index contributed by atoms with van der Waals surface area (Å²) in [6.45, 7) is 3.11. The number of anilines is 1. The molecule has 202 valence electrons. The molecule has 5 rings (SSSR count). The number of benzene rings is 2. The fourth-order valence-electron chi connectivity index (χ4n) is 5.13. The molecule has 0 bridgehead atoms. The lowest BCUT2D eigenvalue weighted by atomic mass is 9.96. The average Bonchev–Trinajstić information content (AvgIpc) is 3.36. The average molecular weight is 530 g/mol. The highest BCUT2D eigenvalue weighted by atomic mass is 19.4. The molecule has 8 nitrogen and oxygen atoms in total. The van der Waals surface area contributed by atoms with Gasteiger partial charge in [-0.2, -0.15) is 18.3 Å². The Labute approximate surface area is 218 Å². The van der Waals surface area contributed by atoms with E-state index in [0.717, 1.165) is 11.2 Å². The number of hydrogen-bond acceptors (Lipinski definition) is 6. The minimum atomic E-state index is -4.54. The Morgan fingerprint density at radius 2 is 1.74 bits per heavy atom. The van der Waals surface area contributed by atoms with Crippen molar-refractivity contribution in [2.24, 2.45) is 0 Å². The first-order chi connectivity index (χ1) is 18.3. The van der Waals surface area contributed by atoms with Gasteiger partial charge in [0.25, 0.3) is 5.91 Å². The molecule has 2 atom stereocenters. The Bertz CT molecular complexity index is 1270. The molecule has 2 aromatic carbocycles. The van der Waals surface area contributed by atoms with E-state index in [-0.39, 0.29) is 23.7 Å². The van der Waals surface area contributed by atoms with E-state index in [2.05, 4.69) is 27.4 Å². The number of fused-ring (bicyclic) bond motifs is 1. The maximum absolute atomic E-state index is 14.1. The number of methoxy groups -OCH3 is 2. The van der Waals surface area contributed by atoms with Crippen molar-refractivity contribution in [3.05, 3.63) is 71.4 Å². The highest BCUT2D eigenvalue weighted by molar-refractivity contribution is 5.99. The Balaban J connectivity index is 1.36. The summed E-state index contributed by atoms with van der Waals surface area (Å²) in [5.41, 5.74) is 1.93. The molecular formula is C27H30F3N5O3. The first-order valence-corrected chi connectivity index (χ1v) is 12.5. The van der Waals surface area contributed by atoms with E-state index in [1.165, 1.54) is 26.0 Å². The van der Waals surface area contributed by atoms with Gasteiger partial charge in [-0.15, -0.1) is 0 Å². The minimum Gasteiger partial charge on any atom is -0.493 e. The van der Waals surface area contributed by atoms with Crippen LogP contribution in [0, 0.1) is 0 Å². The first-order valence-electron chi connectivity index (χ1n) is 12.5. The van der Waals surface area contributed by atoms with Crippen molar-refractivity contribution in [2.75, 3.05) is 45.7 Å². The standard InChI is InChI=1S/C27H30F3N5O3/c1-37-22-9-8-19(14-23(22)38-2)21-15-24(27(28,29)30)35-25(32-21)20(16-31-35)26(36)34-12-10-33(11-13-34)17-18-6-4-3-5-7-18/h3-9,14,16,21,24,32H,10-13,15,17H2,1-2H3/t21-,24-/m1/s1. The van der Waals surface area contributed by atoms with Crippen LogP contribution in [0.15, 0.2) is 54.7 Å². The Morgan fingerprint density at radius 1 is 1.03 bits per heavy atom. The molecule has 2 aliphatic heterocycles. The number of aromatic nitrogens is 2. The third kappa shape index (κ3) is 5.15. The molecule has 0 saturated carbocycles. The summed E-state index contributed by atoms with van der Waals surface area (Å²) in [5, 5.41) is 7.17. The van der Waals surface area contributed by atoms with E-state index in [1.54, 1.807) is 23.1 Å².